The number of carboxylic acid groups (broad SMARTS) is 1. The van der Waals surface area contributed by atoms with Gasteiger partial charge in [-0.15, -0.1) is 0 Å². The SMILES string of the molecule is CC.Cc1ccc(C(=O)O)cc1.Cc1ccc(C=O)cc1. The summed E-state index contributed by atoms with van der Waals surface area (Å²) in [5.41, 5.74) is 3.33. The number of carbonyl (C=O) groups is 2. The maximum atomic E-state index is 10.3. The normalized spacial score (nSPS) is 8.57. The molecule has 0 aliphatic heterocycles. The third-order valence-electron chi connectivity index (χ3n) is 2.51. The average molecular weight is 286 g/mol. The molecule has 21 heavy (non-hydrogen) atoms. The first-order valence-corrected chi connectivity index (χ1v) is 6.84. The van der Waals surface area contributed by atoms with Crippen molar-refractivity contribution in [3.63, 3.8) is 0 Å². The number of benzene rings is 2. The zero-order valence-electron chi connectivity index (χ0n) is 13.0. The van der Waals surface area contributed by atoms with E-state index in [1.165, 1.54) is 5.56 Å². The molecule has 0 saturated heterocycles. The third kappa shape index (κ3) is 7.67. The van der Waals surface area contributed by atoms with Crippen molar-refractivity contribution in [2.75, 3.05) is 0 Å². The van der Waals surface area contributed by atoms with Gasteiger partial charge < -0.3 is 5.11 Å². The second kappa shape index (κ2) is 10.4. The van der Waals surface area contributed by atoms with Crippen molar-refractivity contribution in [2.45, 2.75) is 27.7 Å². The van der Waals surface area contributed by atoms with Crippen molar-refractivity contribution in [2.24, 2.45) is 0 Å². The van der Waals surface area contributed by atoms with Gasteiger partial charge in [-0.05, 0) is 26.0 Å². The van der Waals surface area contributed by atoms with Crippen LogP contribution in [0, 0.1) is 13.8 Å². The molecule has 0 saturated carbocycles. The van der Waals surface area contributed by atoms with Crippen molar-refractivity contribution in [3.05, 3.63) is 70.8 Å². The van der Waals surface area contributed by atoms with E-state index in [9.17, 15) is 9.59 Å². The Balaban J connectivity index is 0.000000342. The Bertz CT molecular complexity index is 540. The molecule has 3 nitrogen and oxygen atoms in total. The van der Waals surface area contributed by atoms with Crippen molar-refractivity contribution >= 4 is 12.3 Å². The van der Waals surface area contributed by atoms with E-state index in [1.54, 1.807) is 24.3 Å². The van der Waals surface area contributed by atoms with Gasteiger partial charge in [-0.1, -0.05) is 61.4 Å². The summed E-state index contributed by atoms with van der Waals surface area (Å²) in [6.07, 6.45) is 0.847. The van der Waals surface area contributed by atoms with E-state index in [1.807, 2.05) is 52.0 Å². The van der Waals surface area contributed by atoms with Gasteiger partial charge in [0.25, 0.3) is 0 Å². The van der Waals surface area contributed by atoms with Crippen LogP contribution in [-0.4, -0.2) is 17.4 Å². The molecule has 112 valence electrons. The molecule has 2 aromatic carbocycles. The fourth-order valence-electron chi connectivity index (χ4n) is 1.34. The van der Waals surface area contributed by atoms with Crippen LogP contribution in [0.25, 0.3) is 0 Å². The van der Waals surface area contributed by atoms with E-state index in [4.69, 9.17) is 5.11 Å². The van der Waals surface area contributed by atoms with Crippen LogP contribution in [0.3, 0.4) is 0 Å². The summed E-state index contributed by atoms with van der Waals surface area (Å²) in [5, 5.41) is 8.48. The molecule has 0 bridgehead atoms. The zero-order valence-corrected chi connectivity index (χ0v) is 13.0. The van der Waals surface area contributed by atoms with Gasteiger partial charge in [0.15, 0.2) is 0 Å². The molecule has 2 aromatic rings. The lowest BCUT2D eigenvalue weighted by atomic mass is 10.2. The third-order valence-corrected chi connectivity index (χ3v) is 2.51. The van der Waals surface area contributed by atoms with E-state index < -0.39 is 5.97 Å². The summed E-state index contributed by atoms with van der Waals surface area (Å²) in [4.78, 5) is 20.4. The fourth-order valence-corrected chi connectivity index (χ4v) is 1.34. The molecule has 0 radical (unpaired) electrons. The predicted octanol–water partition coefficient (Wildman–Crippen LogP) is 4.53. The highest BCUT2D eigenvalue weighted by molar-refractivity contribution is 5.87. The number of hydrogen-bond donors (Lipinski definition) is 1. The van der Waals surface area contributed by atoms with Gasteiger partial charge in [0.2, 0.25) is 0 Å². The minimum absolute atomic E-state index is 0.339. The lowest BCUT2D eigenvalue weighted by molar-refractivity contribution is 0.0696. The largest absolute Gasteiger partial charge is 0.478 e. The predicted molar refractivity (Wildman–Crippen MR) is 86.1 cm³/mol. The molecule has 0 fully saturated rings. The number of carboxylic acids is 1. The maximum Gasteiger partial charge on any atom is 0.335 e. The molecule has 2 rings (SSSR count). The first kappa shape index (κ1) is 18.6. The number of hydrogen-bond acceptors (Lipinski definition) is 2. The first-order chi connectivity index (χ1) is 10.0. The van der Waals surface area contributed by atoms with Crippen molar-refractivity contribution in [1.82, 2.24) is 0 Å². The minimum Gasteiger partial charge on any atom is -0.478 e. The van der Waals surface area contributed by atoms with E-state index in [0.717, 1.165) is 17.4 Å². The average Bonchev–Trinajstić information content (AvgIpc) is 2.51. The second-order valence-corrected chi connectivity index (χ2v) is 4.20. The van der Waals surface area contributed by atoms with Crippen LogP contribution in [0.4, 0.5) is 0 Å². The van der Waals surface area contributed by atoms with Crippen molar-refractivity contribution in [1.29, 1.82) is 0 Å². The number of aldehydes is 1. The van der Waals surface area contributed by atoms with Crippen LogP contribution in [0.1, 0.15) is 45.7 Å². The van der Waals surface area contributed by atoms with Crippen LogP contribution < -0.4 is 0 Å². The maximum absolute atomic E-state index is 10.3. The van der Waals surface area contributed by atoms with E-state index in [2.05, 4.69) is 0 Å². The molecular weight excluding hydrogens is 264 g/mol. The molecule has 3 heteroatoms. The van der Waals surface area contributed by atoms with Crippen LogP contribution >= 0.6 is 0 Å². The number of carbonyl (C=O) groups excluding carboxylic acids is 1. The Labute approximate surface area is 126 Å². The van der Waals surface area contributed by atoms with Gasteiger partial charge in [-0.2, -0.15) is 0 Å². The summed E-state index contributed by atoms with van der Waals surface area (Å²) in [6, 6.07) is 14.2. The van der Waals surface area contributed by atoms with E-state index in [0.29, 0.717) is 5.56 Å². The highest BCUT2D eigenvalue weighted by atomic mass is 16.4. The Morgan fingerprint density at radius 3 is 1.57 bits per heavy atom. The lowest BCUT2D eigenvalue weighted by Crippen LogP contribution is -1.94. The fraction of sp³-hybridized carbons (Fsp3) is 0.222. The first-order valence-electron chi connectivity index (χ1n) is 6.84. The molecule has 0 aromatic heterocycles. The smallest absolute Gasteiger partial charge is 0.335 e. The second-order valence-electron chi connectivity index (χ2n) is 4.20. The Kier molecular flexibility index (Phi) is 9.18. The summed E-state index contributed by atoms with van der Waals surface area (Å²) in [6.45, 7) is 7.92. The molecule has 0 unspecified atom stereocenters. The summed E-state index contributed by atoms with van der Waals surface area (Å²) in [7, 11) is 0. The van der Waals surface area contributed by atoms with E-state index in [-0.39, 0.29) is 0 Å². The number of rotatable bonds is 2. The Hall–Kier alpha value is -2.42. The van der Waals surface area contributed by atoms with Gasteiger partial charge in [0.05, 0.1) is 5.56 Å². The van der Waals surface area contributed by atoms with Crippen LogP contribution in [0.5, 0.6) is 0 Å². The van der Waals surface area contributed by atoms with Gasteiger partial charge >= 0.3 is 5.97 Å². The zero-order chi connectivity index (χ0) is 16.3. The van der Waals surface area contributed by atoms with Gasteiger partial charge in [0, 0.05) is 5.56 Å². The van der Waals surface area contributed by atoms with E-state index >= 15 is 0 Å². The molecule has 0 atom stereocenters. The molecule has 0 spiro atoms. The van der Waals surface area contributed by atoms with Gasteiger partial charge in [0.1, 0.15) is 6.29 Å². The Morgan fingerprint density at radius 2 is 1.24 bits per heavy atom. The standard InChI is InChI=1S/C8H8O2.C8H8O.C2H6/c1-6-2-4-7(5-3-6)8(9)10;1-7-2-4-8(6-9)5-3-7;1-2/h2-5H,1H3,(H,9,10);2-6H,1H3;1-2H3. The van der Waals surface area contributed by atoms with Crippen LogP contribution in [0.15, 0.2) is 48.5 Å². The molecule has 1 N–H and O–H groups in total. The lowest BCUT2D eigenvalue weighted by Gasteiger charge is -1.92. The topological polar surface area (TPSA) is 54.4 Å². The number of aromatic carboxylic acids is 1. The summed E-state index contributed by atoms with van der Waals surface area (Å²) in [5.74, 6) is -0.875. The van der Waals surface area contributed by atoms with Gasteiger partial charge in [-0.3, -0.25) is 4.79 Å². The quantitative estimate of drug-likeness (QED) is 0.825. The molecular formula is C18H22O3. The minimum atomic E-state index is -0.875. The molecule has 0 amide bonds. The van der Waals surface area contributed by atoms with Crippen LogP contribution in [-0.2, 0) is 0 Å². The molecule has 0 aliphatic rings. The number of aryl methyl sites for hydroxylation is 2. The molecule has 0 heterocycles. The van der Waals surface area contributed by atoms with Crippen molar-refractivity contribution in [3.8, 4) is 0 Å². The van der Waals surface area contributed by atoms with Gasteiger partial charge in [-0.25, -0.2) is 4.79 Å². The summed E-state index contributed by atoms with van der Waals surface area (Å²) < 4.78 is 0. The highest BCUT2D eigenvalue weighted by Gasteiger charge is 1.98. The molecule has 0 aliphatic carbocycles. The highest BCUT2D eigenvalue weighted by Crippen LogP contribution is 2.01. The monoisotopic (exact) mass is 286 g/mol. The Morgan fingerprint density at radius 1 is 0.857 bits per heavy atom. The summed E-state index contributed by atoms with van der Waals surface area (Å²) >= 11 is 0. The van der Waals surface area contributed by atoms with Crippen LogP contribution in [0.2, 0.25) is 0 Å². The van der Waals surface area contributed by atoms with Crippen molar-refractivity contribution < 1.29 is 14.7 Å².